The van der Waals surface area contributed by atoms with Crippen molar-refractivity contribution in [3.8, 4) is 0 Å². The summed E-state index contributed by atoms with van der Waals surface area (Å²) in [6.45, 7) is 2.08. The minimum absolute atomic E-state index is 0.0268. The first-order chi connectivity index (χ1) is 9.58. The van der Waals surface area contributed by atoms with E-state index in [4.69, 9.17) is 4.74 Å². The van der Waals surface area contributed by atoms with Gasteiger partial charge in [-0.1, -0.05) is 12.1 Å². The van der Waals surface area contributed by atoms with Gasteiger partial charge in [-0.05, 0) is 5.56 Å². The number of morpholine rings is 1. The first kappa shape index (κ1) is 14.4. The van der Waals surface area contributed by atoms with Gasteiger partial charge in [0.15, 0.2) is 0 Å². The Morgan fingerprint density at radius 1 is 1.60 bits per heavy atom. The third-order valence-corrected chi connectivity index (χ3v) is 3.12. The maximum atomic E-state index is 12.1. The number of hydrogen-bond acceptors (Lipinski definition) is 5. The zero-order chi connectivity index (χ0) is 14.5. The molecule has 20 heavy (non-hydrogen) atoms. The van der Waals surface area contributed by atoms with Crippen LogP contribution in [-0.2, 0) is 16.1 Å². The molecule has 1 unspecified atom stereocenters. The van der Waals surface area contributed by atoms with E-state index >= 15 is 0 Å². The summed E-state index contributed by atoms with van der Waals surface area (Å²) in [5, 5.41) is 13.8. The molecule has 0 aliphatic carbocycles. The molecule has 0 bridgehead atoms. The SMILES string of the molecule is CN(Cc1cccc([N+](=O)[O-])c1)C(=O)C1CNCCO1. The van der Waals surface area contributed by atoms with Crippen LogP contribution >= 0.6 is 0 Å². The van der Waals surface area contributed by atoms with Crippen molar-refractivity contribution < 1.29 is 14.5 Å². The molecule has 1 aliphatic rings. The number of non-ortho nitro benzene ring substituents is 1. The van der Waals surface area contributed by atoms with Gasteiger partial charge in [0.2, 0.25) is 0 Å². The van der Waals surface area contributed by atoms with Gasteiger partial charge in [0.25, 0.3) is 11.6 Å². The van der Waals surface area contributed by atoms with Crippen molar-refractivity contribution in [1.82, 2.24) is 10.2 Å². The second kappa shape index (κ2) is 6.44. The van der Waals surface area contributed by atoms with Gasteiger partial charge in [-0.15, -0.1) is 0 Å². The fourth-order valence-electron chi connectivity index (χ4n) is 2.09. The third-order valence-electron chi connectivity index (χ3n) is 3.12. The molecular formula is C13H17N3O4. The molecule has 0 saturated carbocycles. The lowest BCUT2D eigenvalue weighted by atomic mass is 10.2. The summed E-state index contributed by atoms with van der Waals surface area (Å²) >= 11 is 0. The average molecular weight is 279 g/mol. The molecule has 0 spiro atoms. The number of carbonyl (C=O) groups is 1. The number of nitrogens with one attached hydrogen (secondary N) is 1. The van der Waals surface area contributed by atoms with E-state index in [-0.39, 0.29) is 11.6 Å². The zero-order valence-corrected chi connectivity index (χ0v) is 11.2. The number of ether oxygens (including phenoxy) is 1. The van der Waals surface area contributed by atoms with E-state index in [1.54, 1.807) is 19.2 Å². The molecule has 0 aromatic heterocycles. The van der Waals surface area contributed by atoms with Crippen LogP contribution in [0.4, 0.5) is 5.69 Å². The van der Waals surface area contributed by atoms with Gasteiger partial charge in [0.1, 0.15) is 6.10 Å². The molecule has 7 heteroatoms. The molecule has 1 aromatic carbocycles. The Morgan fingerprint density at radius 2 is 2.40 bits per heavy atom. The smallest absolute Gasteiger partial charge is 0.269 e. The monoisotopic (exact) mass is 279 g/mol. The third kappa shape index (κ3) is 3.52. The van der Waals surface area contributed by atoms with Crippen LogP contribution in [0.5, 0.6) is 0 Å². The standard InChI is InChI=1S/C13H17N3O4/c1-15(13(17)12-8-14-5-6-20-12)9-10-3-2-4-11(7-10)16(18)19/h2-4,7,12,14H,5-6,8-9H2,1H3. The van der Waals surface area contributed by atoms with Gasteiger partial charge in [0, 0.05) is 38.8 Å². The minimum atomic E-state index is -0.479. The van der Waals surface area contributed by atoms with Crippen molar-refractivity contribution in [2.45, 2.75) is 12.6 Å². The van der Waals surface area contributed by atoms with Gasteiger partial charge in [-0.2, -0.15) is 0 Å². The number of nitro groups is 1. The molecule has 1 amide bonds. The van der Waals surface area contributed by atoms with Crippen LogP contribution in [0.15, 0.2) is 24.3 Å². The lowest BCUT2D eigenvalue weighted by Crippen LogP contribution is -2.48. The Balaban J connectivity index is 1.99. The number of rotatable bonds is 4. The summed E-state index contributed by atoms with van der Waals surface area (Å²) in [6.07, 6.45) is -0.479. The number of likely N-dealkylation sites (N-methyl/N-ethyl adjacent to an activating group) is 1. The summed E-state index contributed by atoms with van der Waals surface area (Å²) in [5.41, 5.74) is 0.748. The summed E-state index contributed by atoms with van der Waals surface area (Å²) in [6, 6.07) is 6.28. The molecule has 108 valence electrons. The largest absolute Gasteiger partial charge is 0.366 e. The second-order valence-corrected chi connectivity index (χ2v) is 4.68. The lowest BCUT2D eigenvalue weighted by Gasteiger charge is -2.27. The summed E-state index contributed by atoms with van der Waals surface area (Å²) in [5.74, 6) is -0.122. The van der Waals surface area contributed by atoms with Gasteiger partial charge in [-0.25, -0.2) is 0 Å². The van der Waals surface area contributed by atoms with Crippen LogP contribution in [0.25, 0.3) is 0 Å². The summed E-state index contributed by atoms with van der Waals surface area (Å²) in [7, 11) is 1.67. The molecular weight excluding hydrogens is 262 g/mol. The van der Waals surface area contributed by atoms with Crippen LogP contribution in [0.3, 0.4) is 0 Å². The molecule has 1 fully saturated rings. The van der Waals surface area contributed by atoms with E-state index in [1.807, 2.05) is 0 Å². The Labute approximate surface area is 116 Å². The molecule has 0 radical (unpaired) electrons. The molecule has 7 nitrogen and oxygen atoms in total. The molecule has 2 rings (SSSR count). The van der Waals surface area contributed by atoms with Crippen molar-refractivity contribution in [3.63, 3.8) is 0 Å². The van der Waals surface area contributed by atoms with Crippen molar-refractivity contribution in [2.75, 3.05) is 26.7 Å². The van der Waals surface area contributed by atoms with Crippen LogP contribution in [0.1, 0.15) is 5.56 Å². The second-order valence-electron chi connectivity index (χ2n) is 4.68. The van der Waals surface area contributed by atoms with Gasteiger partial charge >= 0.3 is 0 Å². The van der Waals surface area contributed by atoms with Gasteiger partial charge in [-0.3, -0.25) is 14.9 Å². The highest BCUT2D eigenvalue weighted by atomic mass is 16.6. The molecule has 1 aliphatic heterocycles. The Hall–Kier alpha value is -1.99. The van der Waals surface area contributed by atoms with Crippen LogP contribution < -0.4 is 5.32 Å². The van der Waals surface area contributed by atoms with Gasteiger partial charge in [0.05, 0.1) is 11.5 Å². The Kier molecular flexibility index (Phi) is 4.65. The topological polar surface area (TPSA) is 84.7 Å². The molecule has 1 N–H and O–H groups in total. The normalized spacial score (nSPS) is 18.6. The first-order valence-electron chi connectivity index (χ1n) is 6.38. The highest BCUT2D eigenvalue weighted by Crippen LogP contribution is 2.15. The number of nitrogens with zero attached hydrogens (tertiary/aromatic N) is 2. The van der Waals surface area contributed by atoms with Crippen molar-refractivity contribution >= 4 is 11.6 Å². The molecule has 1 heterocycles. The lowest BCUT2D eigenvalue weighted by molar-refractivity contribution is -0.384. The Bertz CT molecular complexity index is 500. The number of nitro benzene ring substituents is 1. The Morgan fingerprint density at radius 3 is 3.05 bits per heavy atom. The highest BCUT2D eigenvalue weighted by Gasteiger charge is 2.25. The van der Waals surface area contributed by atoms with Crippen molar-refractivity contribution in [1.29, 1.82) is 0 Å². The van der Waals surface area contributed by atoms with Crippen molar-refractivity contribution in [3.05, 3.63) is 39.9 Å². The first-order valence-corrected chi connectivity index (χ1v) is 6.38. The minimum Gasteiger partial charge on any atom is -0.366 e. The van der Waals surface area contributed by atoms with Gasteiger partial charge < -0.3 is 15.0 Å². The molecule has 1 atom stereocenters. The van der Waals surface area contributed by atoms with E-state index in [9.17, 15) is 14.9 Å². The molecule has 1 aromatic rings. The number of hydrogen-bond donors (Lipinski definition) is 1. The van der Waals surface area contributed by atoms with E-state index < -0.39 is 11.0 Å². The average Bonchev–Trinajstić information content (AvgIpc) is 2.47. The van der Waals surface area contributed by atoms with E-state index in [0.717, 1.165) is 12.1 Å². The quantitative estimate of drug-likeness (QED) is 0.642. The van der Waals surface area contributed by atoms with Crippen molar-refractivity contribution in [2.24, 2.45) is 0 Å². The fraction of sp³-hybridized carbons (Fsp3) is 0.462. The molecule has 1 saturated heterocycles. The maximum Gasteiger partial charge on any atom is 0.269 e. The predicted octanol–water partition coefficient (Wildman–Crippen LogP) is 0.542. The number of carbonyl (C=O) groups excluding carboxylic acids is 1. The summed E-state index contributed by atoms with van der Waals surface area (Å²) in [4.78, 5) is 23.9. The van der Waals surface area contributed by atoms with E-state index in [1.165, 1.54) is 17.0 Å². The van der Waals surface area contributed by atoms with Crippen LogP contribution in [0, 0.1) is 10.1 Å². The predicted molar refractivity (Wildman–Crippen MR) is 72.2 cm³/mol. The number of benzene rings is 1. The highest BCUT2D eigenvalue weighted by molar-refractivity contribution is 5.81. The zero-order valence-electron chi connectivity index (χ0n) is 11.2. The van der Waals surface area contributed by atoms with E-state index in [0.29, 0.717) is 19.7 Å². The fourth-order valence-corrected chi connectivity index (χ4v) is 2.09. The number of amides is 1. The maximum absolute atomic E-state index is 12.1. The van der Waals surface area contributed by atoms with Crippen LogP contribution in [-0.4, -0.2) is 48.6 Å². The van der Waals surface area contributed by atoms with Crippen LogP contribution in [0.2, 0.25) is 0 Å². The summed E-state index contributed by atoms with van der Waals surface area (Å²) < 4.78 is 5.40. The van der Waals surface area contributed by atoms with E-state index in [2.05, 4.69) is 5.32 Å².